The number of nitrogens with one attached hydrogen (secondary N) is 1. The molecule has 6 atom stereocenters. The normalized spacial score (nSPS) is 27.9. The number of anilines is 1. The maximum absolute atomic E-state index is 15.3. The molecule has 0 radical (unpaired) electrons. The Kier molecular flexibility index (Phi) is 6.56. The number of rotatable bonds is 4. The maximum atomic E-state index is 15.3. The van der Waals surface area contributed by atoms with E-state index in [0.717, 1.165) is 16.0 Å². The molecule has 6 amide bonds. The molecule has 48 heavy (non-hydrogen) atoms. The highest BCUT2D eigenvalue weighted by Gasteiger charge is 2.71. The van der Waals surface area contributed by atoms with E-state index in [-0.39, 0.29) is 18.6 Å². The Balaban J connectivity index is 1.41. The van der Waals surface area contributed by atoms with Gasteiger partial charge in [-0.25, -0.2) is 4.79 Å². The second-order valence-corrected chi connectivity index (χ2v) is 13.2. The summed E-state index contributed by atoms with van der Waals surface area (Å²) >= 11 is 0. The molecule has 4 N–H and O–H groups in total. The van der Waals surface area contributed by atoms with Gasteiger partial charge < -0.3 is 10.8 Å². The molecule has 10 heteroatoms. The van der Waals surface area contributed by atoms with Crippen LogP contribution in [0.3, 0.4) is 0 Å². The molecule has 8 rings (SSSR count). The summed E-state index contributed by atoms with van der Waals surface area (Å²) in [7, 11) is 0. The van der Waals surface area contributed by atoms with Gasteiger partial charge in [0.15, 0.2) is 0 Å². The number of likely N-dealkylation sites (tertiary alicyclic amines) is 1. The highest BCUT2D eigenvalue weighted by Crippen LogP contribution is 2.65. The van der Waals surface area contributed by atoms with Gasteiger partial charge in [0.25, 0.3) is 11.8 Å². The summed E-state index contributed by atoms with van der Waals surface area (Å²) in [5, 5.41) is 14.4. The molecule has 0 aromatic heterocycles. The maximum Gasteiger partial charge on any atom is 0.328 e. The number of fused-ring (bicyclic) bond motifs is 5. The lowest BCUT2D eigenvalue weighted by molar-refractivity contribution is -0.139. The lowest BCUT2D eigenvalue weighted by Gasteiger charge is -2.51. The molecule has 2 saturated heterocycles. The van der Waals surface area contributed by atoms with E-state index in [1.165, 1.54) is 0 Å². The Morgan fingerprint density at radius 2 is 1.56 bits per heavy atom. The fourth-order valence-electron chi connectivity index (χ4n) is 8.87. The summed E-state index contributed by atoms with van der Waals surface area (Å²) in [4.78, 5) is 70.0. The van der Waals surface area contributed by atoms with E-state index in [1.807, 2.05) is 79.7 Å². The third-order valence-electron chi connectivity index (χ3n) is 10.8. The van der Waals surface area contributed by atoms with Gasteiger partial charge in [-0.3, -0.25) is 24.6 Å². The minimum Gasteiger partial charge on any atom is -0.508 e. The van der Waals surface area contributed by atoms with E-state index in [9.17, 15) is 24.3 Å². The van der Waals surface area contributed by atoms with Crippen LogP contribution in [0.15, 0.2) is 103 Å². The van der Waals surface area contributed by atoms with Crippen molar-refractivity contribution in [3.63, 3.8) is 0 Å². The number of allylic oxidation sites excluding steroid dienone is 2. The van der Waals surface area contributed by atoms with Crippen LogP contribution < -0.4 is 11.2 Å². The molecular formula is C38H32N4O6. The lowest BCUT2D eigenvalue weighted by atomic mass is 9.48. The standard InChI is InChI=1S/C38H32N4O6/c1-20-11-14-23(15-12-20)40-42-34(45)28-19-27-25(16-17-26-30(27)35(46)41(33(26)44)37(39)48)32(38(28,36(42)47)22-8-3-2-4-9-22)31-24-10-6-5-7-21(24)13-18-29(31)43/h2-16,18,26-28,30,32,40,43H,17,19H2,1H3,(H2,39,48). The zero-order valence-electron chi connectivity index (χ0n) is 26.0. The number of carbonyl (C=O) groups is 5. The number of primary amides is 1. The van der Waals surface area contributed by atoms with Crippen molar-refractivity contribution < 1.29 is 29.1 Å². The van der Waals surface area contributed by atoms with E-state index >= 15 is 4.79 Å². The first-order chi connectivity index (χ1) is 23.1. The van der Waals surface area contributed by atoms with Crippen LogP contribution in [-0.4, -0.2) is 44.7 Å². The van der Waals surface area contributed by atoms with Gasteiger partial charge in [-0.15, -0.1) is 0 Å². The van der Waals surface area contributed by atoms with Gasteiger partial charge in [-0.2, -0.15) is 9.91 Å². The van der Waals surface area contributed by atoms with Crippen molar-refractivity contribution >= 4 is 46.1 Å². The van der Waals surface area contributed by atoms with Gasteiger partial charge in [-0.1, -0.05) is 90.0 Å². The minimum atomic E-state index is -1.54. The van der Waals surface area contributed by atoms with Gasteiger partial charge in [0.2, 0.25) is 11.8 Å². The highest BCUT2D eigenvalue weighted by molar-refractivity contribution is 6.17. The van der Waals surface area contributed by atoms with Crippen LogP contribution in [0.4, 0.5) is 10.5 Å². The third kappa shape index (κ3) is 3.95. The van der Waals surface area contributed by atoms with Gasteiger partial charge in [0.1, 0.15) is 5.75 Å². The quantitative estimate of drug-likeness (QED) is 0.212. The van der Waals surface area contributed by atoms with E-state index in [1.54, 1.807) is 24.3 Å². The zero-order valence-corrected chi connectivity index (χ0v) is 26.0. The molecule has 4 aromatic carbocycles. The molecule has 0 bridgehead atoms. The molecule has 6 unspecified atom stereocenters. The van der Waals surface area contributed by atoms with Gasteiger partial charge >= 0.3 is 6.03 Å². The van der Waals surface area contributed by atoms with Crippen molar-refractivity contribution in [3.8, 4) is 5.75 Å². The molecule has 3 fully saturated rings. The summed E-state index contributed by atoms with van der Waals surface area (Å²) in [5.74, 6) is -6.79. The first-order valence-electron chi connectivity index (χ1n) is 16.0. The molecule has 2 aliphatic carbocycles. The number of hydrazine groups is 1. The number of phenolic OH excluding ortho intramolecular Hbond substituents is 1. The molecule has 4 aliphatic rings. The molecule has 1 saturated carbocycles. The van der Waals surface area contributed by atoms with Crippen molar-refractivity contribution in [1.82, 2.24) is 9.91 Å². The van der Waals surface area contributed by atoms with Crippen LogP contribution >= 0.6 is 0 Å². The average molecular weight is 641 g/mol. The van der Waals surface area contributed by atoms with Gasteiger partial charge in [0.05, 0.1) is 28.9 Å². The van der Waals surface area contributed by atoms with Crippen molar-refractivity contribution in [1.29, 1.82) is 0 Å². The second-order valence-electron chi connectivity index (χ2n) is 13.2. The van der Waals surface area contributed by atoms with Crippen LogP contribution in [0.2, 0.25) is 0 Å². The summed E-state index contributed by atoms with van der Waals surface area (Å²) in [6, 6.07) is 26.2. The van der Waals surface area contributed by atoms with Crippen LogP contribution in [0.1, 0.15) is 35.4 Å². The van der Waals surface area contributed by atoms with Crippen molar-refractivity contribution in [2.75, 3.05) is 5.43 Å². The molecule has 10 nitrogen and oxygen atoms in total. The number of hydrogen-bond donors (Lipinski definition) is 3. The fourth-order valence-corrected chi connectivity index (χ4v) is 8.87. The van der Waals surface area contributed by atoms with Crippen LogP contribution in [0, 0.1) is 30.6 Å². The number of aromatic hydroxyl groups is 1. The lowest BCUT2D eigenvalue weighted by Crippen LogP contribution is -2.53. The van der Waals surface area contributed by atoms with E-state index in [0.29, 0.717) is 32.7 Å². The van der Waals surface area contributed by atoms with E-state index in [4.69, 9.17) is 5.73 Å². The van der Waals surface area contributed by atoms with Gasteiger partial charge in [-0.05, 0) is 60.2 Å². The number of nitrogens with two attached hydrogens (primary N) is 1. The van der Waals surface area contributed by atoms with Crippen molar-refractivity contribution in [2.24, 2.45) is 29.4 Å². The average Bonchev–Trinajstić information content (AvgIpc) is 3.47. The van der Waals surface area contributed by atoms with Crippen LogP contribution in [0.5, 0.6) is 5.75 Å². The molecule has 2 aliphatic heterocycles. The largest absolute Gasteiger partial charge is 0.508 e. The van der Waals surface area contributed by atoms with E-state index in [2.05, 4.69) is 5.43 Å². The van der Waals surface area contributed by atoms with Crippen LogP contribution in [0.25, 0.3) is 10.8 Å². The molecule has 0 spiro atoms. The molecule has 2 heterocycles. The first-order valence-corrected chi connectivity index (χ1v) is 16.0. The number of amides is 6. The summed E-state index contributed by atoms with van der Waals surface area (Å²) in [5.41, 5.74) is 10.3. The minimum absolute atomic E-state index is 0.0609. The number of benzene rings is 4. The second kappa shape index (κ2) is 10.6. The number of carbonyl (C=O) groups excluding carboxylic acids is 5. The predicted octanol–water partition coefficient (Wildman–Crippen LogP) is 4.92. The fraction of sp³-hybridized carbons (Fsp3) is 0.237. The number of hydrogen-bond acceptors (Lipinski definition) is 7. The third-order valence-corrected chi connectivity index (χ3v) is 10.8. The number of imide groups is 4. The number of urea groups is 1. The highest BCUT2D eigenvalue weighted by atomic mass is 16.3. The monoisotopic (exact) mass is 640 g/mol. The summed E-state index contributed by atoms with van der Waals surface area (Å²) < 4.78 is 0. The number of aryl methyl sites for hydroxylation is 1. The number of nitrogens with zero attached hydrogens (tertiary/aromatic N) is 2. The van der Waals surface area contributed by atoms with E-state index < -0.39 is 64.7 Å². The Morgan fingerprint density at radius 3 is 2.29 bits per heavy atom. The van der Waals surface area contributed by atoms with Crippen LogP contribution in [-0.2, 0) is 24.6 Å². The Hall–Kier alpha value is -5.77. The summed E-state index contributed by atoms with van der Waals surface area (Å²) in [6.45, 7) is 1.94. The van der Waals surface area contributed by atoms with Crippen molar-refractivity contribution in [2.45, 2.75) is 31.1 Å². The smallest absolute Gasteiger partial charge is 0.328 e. The SMILES string of the molecule is Cc1ccc(NN2C(=O)C3CC4C(=CCC5C(=O)N(C(N)=O)C(=O)C54)C(c4c(O)ccc5ccccc45)C3(c3ccccc3)C2=O)cc1. The topological polar surface area (TPSA) is 150 Å². The Morgan fingerprint density at radius 1 is 0.854 bits per heavy atom. The zero-order chi connectivity index (χ0) is 33.5. The molecular weight excluding hydrogens is 608 g/mol. The van der Waals surface area contributed by atoms with Crippen molar-refractivity contribution in [3.05, 3.63) is 119 Å². The Labute approximate surface area is 275 Å². The van der Waals surface area contributed by atoms with Gasteiger partial charge in [0, 0.05) is 11.5 Å². The molecule has 4 aromatic rings. The summed E-state index contributed by atoms with van der Waals surface area (Å²) in [6.07, 6.45) is 2.07. The Bertz CT molecular complexity index is 2090. The first kappa shape index (κ1) is 29.6. The predicted molar refractivity (Wildman–Crippen MR) is 176 cm³/mol. The molecule has 240 valence electrons. The number of phenols is 1.